The third-order valence-electron chi connectivity index (χ3n) is 3.50. The van der Waals surface area contributed by atoms with Crippen LogP contribution in [0.2, 0.25) is 5.02 Å². The average Bonchev–Trinajstić information content (AvgIpc) is 2.82. The maximum atomic E-state index is 6.07. The molecule has 0 aliphatic heterocycles. The summed E-state index contributed by atoms with van der Waals surface area (Å²) in [6.45, 7) is 5.00. The Morgan fingerprint density at radius 3 is 2.60 bits per heavy atom. The molecule has 0 radical (unpaired) electrons. The van der Waals surface area contributed by atoms with E-state index in [0.29, 0.717) is 0 Å². The highest BCUT2D eigenvalue weighted by Gasteiger charge is 2.08. The Bertz CT molecular complexity index is 801. The summed E-state index contributed by atoms with van der Waals surface area (Å²) >= 11 is 6.07. The van der Waals surface area contributed by atoms with Gasteiger partial charge < -0.3 is 9.73 Å². The molecule has 2 aromatic carbocycles. The van der Waals surface area contributed by atoms with Gasteiger partial charge in [0.05, 0.1) is 0 Å². The highest BCUT2D eigenvalue weighted by Crippen LogP contribution is 2.32. The number of fused-ring (bicyclic) bond motifs is 3. The highest BCUT2D eigenvalue weighted by molar-refractivity contribution is 6.31. The smallest absolute Gasteiger partial charge is 0.135 e. The fourth-order valence-electron chi connectivity index (χ4n) is 2.20. The van der Waals surface area contributed by atoms with Gasteiger partial charge in [0.2, 0.25) is 0 Å². The largest absolute Gasteiger partial charge is 0.456 e. The van der Waals surface area contributed by atoms with Gasteiger partial charge in [-0.25, -0.2) is 0 Å². The number of anilines is 1. The Kier molecular flexibility index (Phi) is 3.41. The molecule has 0 fully saturated rings. The maximum absolute atomic E-state index is 6.07. The lowest BCUT2D eigenvalue weighted by Crippen LogP contribution is -2.01. The van der Waals surface area contributed by atoms with E-state index < -0.39 is 0 Å². The number of furan rings is 1. The summed E-state index contributed by atoms with van der Waals surface area (Å²) in [4.78, 5) is 0. The minimum absolute atomic E-state index is 0.725. The number of rotatable bonds is 3. The molecular weight excluding hydrogens is 270 g/mol. The average molecular weight is 286 g/mol. The fourth-order valence-corrected chi connectivity index (χ4v) is 2.38. The van der Waals surface area contributed by atoms with Crippen molar-refractivity contribution >= 4 is 39.2 Å². The van der Waals surface area contributed by atoms with Gasteiger partial charge >= 0.3 is 0 Å². The zero-order chi connectivity index (χ0) is 14.1. The highest BCUT2D eigenvalue weighted by atomic mass is 35.5. The van der Waals surface area contributed by atoms with Crippen molar-refractivity contribution in [2.24, 2.45) is 0 Å². The van der Waals surface area contributed by atoms with Crippen LogP contribution in [0.1, 0.15) is 13.8 Å². The van der Waals surface area contributed by atoms with Crippen molar-refractivity contribution in [2.45, 2.75) is 13.8 Å². The van der Waals surface area contributed by atoms with Crippen molar-refractivity contribution in [3.63, 3.8) is 0 Å². The Morgan fingerprint density at radius 1 is 1.15 bits per heavy atom. The summed E-state index contributed by atoms with van der Waals surface area (Å²) in [6.07, 6.45) is 2.11. The monoisotopic (exact) mass is 285 g/mol. The first-order valence-electron chi connectivity index (χ1n) is 6.65. The predicted octanol–water partition coefficient (Wildman–Crippen LogP) is 5.62. The minimum Gasteiger partial charge on any atom is -0.456 e. The zero-order valence-corrected chi connectivity index (χ0v) is 12.3. The van der Waals surface area contributed by atoms with Crippen molar-refractivity contribution in [3.8, 4) is 0 Å². The number of hydrogen-bond acceptors (Lipinski definition) is 2. The van der Waals surface area contributed by atoms with Crippen LogP contribution in [0.25, 0.3) is 21.9 Å². The van der Waals surface area contributed by atoms with E-state index >= 15 is 0 Å². The van der Waals surface area contributed by atoms with Crippen LogP contribution >= 0.6 is 11.6 Å². The van der Waals surface area contributed by atoms with E-state index in [1.54, 1.807) is 0 Å². The van der Waals surface area contributed by atoms with Gasteiger partial charge in [0.25, 0.3) is 0 Å². The Hall–Kier alpha value is -1.93. The molecule has 102 valence electrons. The third-order valence-corrected chi connectivity index (χ3v) is 3.73. The van der Waals surface area contributed by atoms with Crippen LogP contribution < -0.4 is 5.32 Å². The van der Waals surface area contributed by atoms with Gasteiger partial charge in [-0.3, -0.25) is 0 Å². The molecule has 3 aromatic rings. The Balaban J connectivity index is 2.05. The first-order valence-corrected chi connectivity index (χ1v) is 7.02. The SMILES string of the molecule is C/C=C(/C)CNc1ccc2oc3ccc(Cl)cc3c2c1. The van der Waals surface area contributed by atoms with Crippen molar-refractivity contribution in [3.05, 3.63) is 53.1 Å². The number of halogens is 1. The molecule has 1 N–H and O–H groups in total. The first-order chi connectivity index (χ1) is 9.67. The number of nitrogens with one attached hydrogen (secondary N) is 1. The standard InChI is InChI=1S/C17H16ClNO/c1-3-11(2)10-19-13-5-7-17-15(9-13)14-8-12(18)4-6-16(14)20-17/h3-9,19H,10H2,1-2H3/b11-3-. The lowest BCUT2D eigenvalue weighted by atomic mass is 10.1. The van der Waals surface area contributed by atoms with Gasteiger partial charge in [-0.05, 0) is 50.2 Å². The lowest BCUT2D eigenvalue weighted by molar-refractivity contribution is 0.669. The van der Waals surface area contributed by atoms with Crippen LogP contribution in [0.5, 0.6) is 0 Å². The van der Waals surface area contributed by atoms with E-state index in [4.69, 9.17) is 16.0 Å². The molecule has 2 nitrogen and oxygen atoms in total. The molecule has 1 aromatic heterocycles. The molecule has 3 rings (SSSR count). The van der Waals surface area contributed by atoms with Gasteiger partial charge in [0.1, 0.15) is 11.2 Å². The van der Waals surface area contributed by atoms with Gasteiger partial charge in [0, 0.05) is 28.0 Å². The normalized spacial score (nSPS) is 12.2. The number of allylic oxidation sites excluding steroid dienone is 1. The lowest BCUT2D eigenvalue weighted by Gasteiger charge is -2.06. The molecule has 0 amide bonds. The van der Waals surface area contributed by atoms with E-state index in [1.807, 2.05) is 37.3 Å². The van der Waals surface area contributed by atoms with Crippen molar-refractivity contribution in [1.29, 1.82) is 0 Å². The molecule has 0 spiro atoms. The zero-order valence-electron chi connectivity index (χ0n) is 11.5. The molecule has 0 atom stereocenters. The second kappa shape index (κ2) is 5.22. The molecule has 0 aliphatic carbocycles. The molecule has 1 heterocycles. The van der Waals surface area contributed by atoms with Crippen LogP contribution in [0.15, 0.2) is 52.5 Å². The maximum Gasteiger partial charge on any atom is 0.135 e. The van der Waals surface area contributed by atoms with E-state index in [0.717, 1.165) is 39.2 Å². The molecule has 0 unspecified atom stereocenters. The van der Waals surface area contributed by atoms with Crippen LogP contribution in [-0.4, -0.2) is 6.54 Å². The second-order valence-corrected chi connectivity index (χ2v) is 5.38. The molecule has 0 saturated carbocycles. The number of benzene rings is 2. The van der Waals surface area contributed by atoms with E-state index in [2.05, 4.69) is 24.4 Å². The summed E-state index contributed by atoms with van der Waals surface area (Å²) in [7, 11) is 0. The molecule has 0 aliphatic rings. The minimum atomic E-state index is 0.725. The summed E-state index contributed by atoms with van der Waals surface area (Å²) in [5, 5.41) is 6.28. The number of hydrogen-bond donors (Lipinski definition) is 1. The van der Waals surface area contributed by atoms with Crippen LogP contribution in [0.3, 0.4) is 0 Å². The van der Waals surface area contributed by atoms with Gasteiger partial charge in [-0.1, -0.05) is 23.3 Å². The quantitative estimate of drug-likeness (QED) is 0.632. The van der Waals surface area contributed by atoms with Crippen molar-refractivity contribution < 1.29 is 4.42 Å². The molecule has 0 saturated heterocycles. The van der Waals surface area contributed by atoms with Crippen LogP contribution in [0, 0.1) is 0 Å². The summed E-state index contributed by atoms with van der Waals surface area (Å²) in [6, 6.07) is 11.9. The van der Waals surface area contributed by atoms with Crippen LogP contribution in [-0.2, 0) is 0 Å². The van der Waals surface area contributed by atoms with Crippen molar-refractivity contribution in [1.82, 2.24) is 0 Å². The summed E-state index contributed by atoms with van der Waals surface area (Å²) in [5.41, 5.74) is 4.15. The molecular formula is C17H16ClNO. The Morgan fingerprint density at radius 2 is 1.85 bits per heavy atom. The van der Waals surface area contributed by atoms with Crippen LogP contribution in [0.4, 0.5) is 5.69 Å². The summed E-state index contributed by atoms with van der Waals surface area (Å²) < 4.78 is 5.81. The van der Waals surface area contributed by atoms with Gasteiger partial charge in [-0.2, -0.15) is 0 Å². The summed E-state index contributed by atoms with van der Waals surface area (Å²) in [5.74, 6) is 0. The molecule has 0 bridgehead atoms. The first kappa shape index (κ1) is 13.1. The third kappa shape index (κ3) is 2.39. The molecule has 3 heteroatoms. The van der Waals surface area contributed by atoms with E-state index in [9.17, 15) is 0 Å². The predicted molar refractivity (Wildman–Crippen MR) is 86.7 cm³/mol. The van der Waals surface area contributed by atoms with E-state index in [1.165, 1.54) is 5.57 Å². The van der Waals surface area contributed by atoms with Gasteiger partial charge in [-0.15, -0.1) is 0 Å². The van der Waals surface area contributed by atoms with E-state index in [-0.39, 0.29) is 0 Å². The second-order valence-electron chi connectivity index (χ2n) is 4.94. The van der Waals surface area contributed by atoms with Crippen molar-refractivity contribution in [2.75, 3.05) is 11.9 Å². The fraction of sp³-hybridized carbons (Fsp3) is 0.176. The van der Waals surface area contributed by atoms with Gasteiger partial charge in [0.15, 0.2) is 0 Å². The Labute approximate surface area is 123 Å². The topological polar surface area (TPSA) is 25.2 Å². The molecule has 20 heavy (non-hydrogen) atoms.